The summed E-state index contributed by atoms with van der Waals surface area (Å²) < 4.78 is 23.3. The van der Waals surface area contributed by atoms with Crippen LogP contribution < -0.4 is 0 Å². The molecule has 2 fully saturated rings. The Kier molecular flexibility index (Phi) is 8.95. The minimum atomic E-state index is -1.43. The van der Waals surface area contributed by atoms with Gasteiger partial charge >= 0.3 is 9.28 Å². The Morgan fingerprint density at radius 1 is 0.955 bits per heavy atom. The average molecular weight is 332 g/mol. The second-order valence-electron chi connectivity index (χ2n) is 6.01. The number of rotatable bonds is 11. The molecule has 0 bridgehead atoms. The van der Waals surface area contributed by atoms with Crippen molar-refractivity contribution in [2.45, 2.75) is 70.9 Å². The summed E-state index contributed by atoms with van der Waals surface area (Å²) in [7, 11) is -1.43. The maximum Gasteiger partial charge on any atom is 0.321 e. The predicted octanol–water partition coefficient (Wildman–Crippen LogP) is 2.64. The Morgan fingerprint density at radius 3 is 2.00 bits per heavy atom. The molecule has 2 aliphatic rings. The van der Waals surface area contributed by atoms with Crippen molar-refractivity contribution in [3.63, 3.8) is 0 Å². The monoisotopic (exact) mass is 331 g/mol. The van der Waals surface area contributed by atoms with Crippen molar-refractivity contribution in [3.8, 4) is 0 Å². The molecule has 130 valence electrons. The van der Waals surface area contributed by atoms with Gasteiger partial charge in [-0.1, -0.05) is 6.42 Å². The molecular formula is C16H33NO4Si. The minimum Gasteiger partial charge on any atom is -0.397 e. The Bertz CT molecular complexity index is 261. The second kappa shape index (κ2) is 10.7. The molecule has 0 aromatic rings. The molecule has 2 atom stereocenters. The third kappa shape index (κ3) is 5.90. The van der Waals surface area contributed by atoms with Gasteiger partial charge in [-0.25, -0.2) is 0 Å². The lowest BCUT2D eigenvalue weighted by Crippen LogP contribution is -2.43. The van der Waals surface area contributed by atoms with E-state index in [2.05, 4.69) is 18.7 Å². The number of hydrogen-bond donors (Lipinski definition) is 0. The van der Waals surface area contributed by atoms with Crippen LogP contribution in [0.2, 0.25) is 6.04 Å². The first-order valence-corrected chi connectivity index (χ1v) is 10.8. The summed E-state index contributed by atoms with van der Waals surface area (Å²) in [6, 6.07) is 1.10. The molecule has 2 heterocycles. The lowest BCUT2D eigenvalue weighted by molar-refractivity contribution is -0.117. The van der Waals surface area contributed by atoms with Gasteiger partial charge in [0.2, 0.25) is 0 Å². The summed E-state index contributed by atoms with van der Waals surface area (Å²) in [5, 5.41) is 0. The highest BCUT2D eigenvalue weighted by atomic mass is 28.3. The summed E-state index contributed by atoms with van der Waals surface area (Å²) in [5.74, 6) is 0. The zero-order valence-corrected chi connectivity index (χ0v) is 15.5. The molecule has 5 nitrogen and oxygen atoms in total. The predicted molar refractivity (Wildman–Crippen MR) is 89.1 cm³/mol. The van der Waals surface area contributed by atoms with Crippen LogP contribution >= 0.6 is 0 Å². The third-order valence-corrected chi connectivity index (χ3v) is 6.65. The molecule has 2 aliphatic heterocycles. The molecular weight excluding hydrogens is 298 g/mol. The van der Waals surface area contributed by atoms with Crippen LogP contribution in [0, 0.1) is 0 Å². The molecule has 0 aliphatic carbocycles. The van der Waals surface area contributed by atoms with Crippen molar-refractivity contribution in [1.29, 1.82) is 0 Å². The van der Waals surface area contributed by atoms with E-state index in [1.165, 1.54) is 25.7 Å². The van der Waals surface area contributed by atoms with Gasteiger partial charge in [-0.2, -0.15) is 0 Å². The average Bonchev–Trinajstić information content (AvgIpc) is 3.21. The summed E-state index contributed by atoms with van der Waals surface area (Å²) in [6.07, 6.45) is 7.54. The fourth-order valence-corrected chi connectivity index (χ4v) is 5.10. The van der Waals surface area contributed by atoms with Crippen LogP contribution in [0.4, 0.5) is 0 Å². The first kappa shape index (κ1) is 18.4. The number of unbranched alkanes of at least 4 members (excludes halogenated alkanes) is 1. The minimum absolute atomic E-state index is 0.273. The van der Waals surface area contributed by atoms with Gasteiger partial charge in [0, 0.05) is 33.0 Å². The highest BCUT2D eigenvalue weighted by molar-refractivity contribution is 6.44. The normalized spacial score (nSPS) is 25.6. The first-order chi connectivity index (χ1) is 10.8. The van der Waals surface area contributed by atoms with Crippen molar-refractivity contribution >= 4 is 9.28 Å². The molecule has 0 amide bonds. The van der Waals surface area contributed by atoms with Gasteiger partial charge < -0.3 is 18.3 Å². The molecule has 0 spiro atoms. The van der Waals surface area contributed by atoms with Crippen molar-refractivity contribution in [2.24, 2.45) is 0 Å². The SMILES string of the molecule is CCO[SiH](CCCCN(C1CCCO1)C1CCCO1)OCC. The van der Waals surface area contributed by atoms with Crippen LogP contribution in [0.5, 0.6) is 0 Å². The first-order valence-electron chi connectivity index (χ1n) is 9.07. The lowest BCUT2D eigenvalue weighted by atomic mass is 10.2. The Balaban J connectivity index is 1.71. The molecule has 0 saturated carbocycles. The van der Waals surface area contributed by atoms with E-state index in [1.54, 1.807) is 0 Å². The van der Waals surface area contributed by atoms with E-state index in [-0.39, 0.29) is 12.5 Å². The van der Waals surface area contributed by atoms with Gasteiger partial charge in [0.1, 0.15) is 12.5 Å². The largest absolute Gasteiger partial charge is 0.397 e. The van der Waals surface area contributed by atoms with Gasteiger partial charge in [-0.3, -0.25) is 4.90 Å². The maximum atomic E-state index is 5.89. The smallest absolute Gasteiger partial charge is 0.321 e. The van der Waals surface area contributed by atoms with Crippen LogP contribution in [-0.2, 0) is 18.3 Å². The highest BCUT2D eigenvalue weighted by Crippen LogP contribution is 2.25. The summed E-state index contributed by atoms with van der Waals surface area (Å²) in [6.45, 7) is 8.51. The zero-order valence-electron chi connectivity index (χ0n) is 14.3. The number of hydrogen-bond acceptors (Lipinski definition) is 5. The van der Waals surface area contributed by atoms with Crippen LogP contribution in [0.15, 0.2) is 0 Å². The molecule has 0 aromatic heterocycles. The summed E-state index contributed by atoms with van der Waals surface area (Å²) >= 11 is 0. The van der Waals surface area contributed by atoms with Crippen LogP contribution in [0.1, 0.15) is 52.4 Å². The number of ether oxygens (including phenoxy) is 2. The van der Waals surface area contributed by atoms with E-state index >= 15 is 0 Å². The molecule has 2 rings (SSSR count). The molecule has 2 saturated heterocycles. The maximum absolute atomic E-state index is 5.89. The quantitative estimate of drug-likeness (QED) is 0.430. The van der Waals surface area contributed by atoms with Gasteiger partial charge in [-0.15, -0.1) is 0 Å². The van der Waals surface area contributed by atoms with E-state index in [0.29, 0.717) is 0 Å². The molecule has 6 heteroatoms. The van der Waals surface area contributed by atoms with E-state index < -0.39 is 9.28 Å². The van der Waals surface area contributed by atoms with E-state index in [0.717, 1.165) is 51.9 Å². The summed E-state index contributed by atoms with van der Waals surface area (Å²) in [4.78, 5) is 2.46. The molecule has 0 N–H and O–H groups in total. The van der Waals surface area contributed by atoms with Crippen LogP contribution in [0.3, 0.4) is 0 Å². The second-order valence-corrected chi connectivity index (χ2v) is 8.11. The van der Waals surface area contributed by atoms with Crippen molar-refractivity contribution in [3.05, 3.63) is 0 Å². The standard InChI is InChI=1S/C16H33NO4Si/c1-3-20-22(21-4-2)14-6-5-11-17(15-9-7-12-18-15)16-10-8-13-19-16/h15-16,22H,3-14H2,1-2H3. The van der Waals surface area contributed by atoms with E-state index in [1.807, 2.05) is 0 Å². The van der Waals surface area contributed by atoms with E-state index in [9.17, 15) is 0 Å². The molecule has 0 radical (unpaired) electrons. The van der Waals surface area contributed by atoms with Gasteiger partial charge in [0.05, 0.1) is 0 Å². The molecule has 0 aromatic carbocycles. The van der Waals surface area contributed by atoms with E-state index in [4.69, 9.17) is 18.3 Å². The Hall–Kier alpha value is 0.0169. The molecule has 2 unspecified atom stereocenters. The van der Waals surface area contributed by atoms with Crippen molar-refractivity contribution in [2.75, 3.05) is 33.0 Å². The Labute approximate surface area is 137 Å². The fraction of sp³-hybridized carbons (Fsp3) is 1.00. The summed E-state index contributed by atoms with van der Waals surface area (Å²) in [5.41, 5.74) is 0. The fourth-order valence-electron chi connectivity index (χ4n) is 3.31. The highest BCUT2D eigenvalue weighted by Gasteiger charge is 2.31. The lowest BCUT2D eigenvalue weighted by Gasteiger charge is -2.32. The zero-order chi connectivity index (χ0) is 15.6. The van der Waals surface area contributed by atoms with Gasteiger partial charge in [0.25, 0.3) is 0 Å². The topological polar surface area (TPSA) is 40.2 Å². The molecule has 22 heavy (non-hydrogen) atoms. The van der Waals surface area contributed by atoms with Crippen LogP contribution in [0.25, 0.3) is 0 Å². The van der Waals surface area contributed by atoms with Gasteiger partial charge in [-0.05, 0) is 52.0 Å². The van der Waals surface area contributed by atoms with Gasteiger partial charge in [0.15, 0.2) is 0 Å². The van der Waals surface area contributed by atoms with Crippen molar-refractivity contribution in [1.82, 2.24) is 4.90 Å². The number of nitrogens with zero attached hydrogens (tertiary/aromatic N) is 1. The Morgan fingerprint density at radius 2 is 1.55 bits per heavy atom. The van der Waals surface area contributed by atoms with Crippen molar-refractivity contribution < 1.29 is 18.3 Å². The van der Waals surface area contributed by atoms with Crippen LogP contribution in [-0.4, -0.2) is 59.6 Å². The third-order valence-electron chi connectivity index (χ3n) is 4.36.